The number of esters is 2. The van der Waals surface area contributed by atoms with Crippen LogP contribution in [0.5, 0.6) is 5.75 Å². The van der Waals surface area contributed by atoms with Crippen LogP contribution in [-0.4, -0.2) is 26.2 Å². The molecule has 0 heterocycles. The van der Waals surface area contributed by atoms with Gasteiger partial charge in [-0.15, -0.1) is 0 Å². The van der Waals surface area contributed by atoms with E-state index >= 15 is 0 Å². The third kappa shape index (κ3) is 5.49. The lowest BCUT2D eigenvalue weighted by Gasteiger charge is -2.13. The highest BCUT2D eigenvalue weighted by molar-refractivity contribution is 6.36. The maximum atomic E-state index is 11.9. The molecule has 0 atom stereocenters. The Hall–Kier alpha value is -2.50. The van der Waals surface area contributed by atoms with Crippen molar-refractivity contribution in [1.29, 1.82) is 0 Å². The van der Waals surface area contributed by atoms with E-state index in [-0.39, 0.29) is 23.0 Å². The molecule has 0 radical (unpaired) electrons. The highest BCUT2D eigenvalue weighted by Crippen LogP contribution is 2.34. The Morgan fingerprint density at radius 2 is 1.59 bits per heavy atom. The van der Waals surface area contributed by atoms with Gasteiger partial charge in [0.15, 0.2) is 0 Å². The highest BCUT2D eigenvalue weighted by Gasteiger charge is 2.21. The van der Waals surface area contributed by atoms with E-state index in [2.05, 4.69) is 9.47 Å². The number of carbonyl (C=O) groups is 2. The second-order valence-corrected chi connectivity index (χ2v) is 6.47. The number of methoxy groups -OCH3 is 2. The van der Waals surface area contributed by atoms with Crippen LogP contribution in [0.4, 0.5) is 0 Å². The smallest absolute Gasteiger partial charge is 0.345 e. The number of carbonyl (C=O) groups excluding carboxylic acids is 2. The van der Waals surface area contributed by atoms with Crippen molar-refractivity contribution in [1.82, 2.24) is 0 Å². The van der Waals surface area contributed by atoms with Crippen LogP contribution in [0.1, 0.15) is 16.7 Å². The number of aryl methyl sites for hydroxylation is 1. The molecule has 0 N–H and O–H groups in total. The zero-order valence-electron chi connectivity index (χ0n) is 15.0. The van der Waals surface area contributed by atoms with Gasteiger partial charge >= 0.3 is 11.9 Å². The van der Waals surface area contributed by atoms with Crippen LogP contribution in [0.15, 0.2) is 42.0 Å². The minimum atomic E-state index is -0.845. The molecule has 5 nitrogen and oxygen atoms in total. The standard InChI is InChI=1S/C20H18Cl2O5/c1-12-4-6-13(7-5-12)11-27-18-14(8-15(21)10-17(18)22)9-16(19(23)25-2)20(24)26-3/h4-10H,11H2,1-3H3. The number of ether oxygens (including phenoxy) is 3. The molecule has 0 saturated heterocycles. The van der Waals surface area contributed by atoms with Crippen molar-refractivity contribution < 1.29 is 23.8 Å². The van der Waals surface area contributed by atoms with E-state index in [1.807, 2.05) is 31.2 Å². The zero-order chi connectivity index (χ0) is 20.0. The lowest BCUT2D eigenvalue weighted by molar-refractivity contribution is -0.143. The van der Waals surface area contributed by atoms with Crippen molar-refractivity contribution in [2.24, 2.45) is 0 Å². The molecule has 2 aromatic carbocycles. The topological polar surface area (TPSA) is 61.8 Å². The summed E-state index contributed by atoms with van der Waals surface area (Å²) in [7, 11) is 2.33. The average Bonchev–Trinajstić information content (AvgIpc) is 2.65. The van der Waals surface area contributed by atoms with Crippen molar-refractivity contribution in [3.8, 4) is 5.75 Å². The fourth-order valence-electron chi connectivity index (χ4n) is 2.26. The molecule has 0 aromatic heterocycles. The van der Waals surface area contributed by atoms with Crippen molar-refractivity contribution in [2.45, 2.75) is 13.5 Å². The molecule has 0 bridgehead atoms. The van der Waals surface area contributed by atoms with Gasteiger partial charge in [-0.05, 0) is 30.7 Å². The van der Waals surface area contributed by atoms with Crippen molar-refractivity contribution in [2.75, 3.05) is 14.2 Å². The Labute approximate surface area is 167 Å². The Kier molecular flexibility index (Phi) is 7.28. The summed E-state index contributed by atoms with van der Waals surface area (Å²) in [6.07, 6.45) is 1.28. The molecule has 0 unspecified atom stereocenters. The van der Waals surface area contributed by atoms with E-state index in [0.717, 1.165) is 11.1 Å². The fraction of sp³-hybridized carbons (Fsp3) is 0.200. The van der Waals surface area contributed by atoms with Gasteiger partial charge in [0.05, 0.1) is 19.2 Å². The summed E-state index contributed by atoms with van der Waals surface area (Å²) in [5.41, 5.74) is 2.11. The molecule has 27 heavy (non-hydrogen) atoms. The largest absolute Gasteiger partial charge is 0.487 e. The van der Waals surface area contributed by atoms with Gasteiger partial charge in [0, 0.05) is 10.6 Å². The van der Waals surface area contributed by atoms with Crippen LogP contribution in [-0.2, 0) is 25.7 Å². The maximum Gasteiger partial charge on any atom is 0.345 e. The molecule has 7 heteroatoms. The first-order valence-corrected chi connectivity index (χ1v) is 8.67. The number of rotatable bonds is 6. The highest BCUT2D eigenvalue weighted by atomic mass is 35.5. The number of benzene rings is 2. The normalized spacial score (nSPS) is 10.1. The van der Waals surface area contributed by atoms with E-state index in [4.69, 9.17) is 27.9 Å². The third-order valence-corrected chi connectivity index (χ3v) is 4.15. The van der Waals surface area contributed by atoms with Crippen molar-refractivity contribution in [3.05, 3.63) is 68.7 Å². The summed E-state index contributed by atoms with van der Waals surface area (Å²) in [6.45, 7) is 2.24. The van der Waals surface area contributed by atoms with E-state index in [1.165, 1.54) is 32.4 Å². The number of hydrogen-bond donors (Lipinski definition) is 0. The second-order valence-electron chi connectivity index (χ2n) is 5.62. The van der Waals surface area contributed by atoms with Gasteiger partial charge in [-0.1, -0.05) is 53.0 Å². The number of halogens is 2. The molecule has 142 valence electrons. The Morgan fingerprint density at radius 1 is 1.00 bits per heavy atom. The summed E-state index contributed by atoms with van der Waals surface area (Å²) >= 11 is 12.3. The SMILES string of the molecule is COC(=O)C(=Cc1cc(Cl)cc(Cl)c1OCc1ccc(C)cc1)C(=O)OC. The summed E-state index contributed by atoms with van der Waals surface area (Å²) in [6, 6.07) is 10.8. The Balaban J connectivity index is 2.42. The molecule has 2 aromatic rings. The van der Waals surface area contributed by atoms with Crippen molar-refractivity contribution >= 4 is 41.2 Å². The lowest BCUT2D eigenvalue weighted by Crippen LogP contribution is -2.15. The molecule has 0 aliphatic heterocycles. The predicted molar refractivity (Wildman–Crippen MR) is 104 cm³/mol. The summed E-state index contributed by atoms with van der Waals surface area (Å²) < 4.78 is 15.1. The van der Waals surface area contributed by atoms with E-state index < -0.39 is 11.9 Å². The number of hydrogen-bond acceptors (Lipinski definition) is 5. The van der Waals surface area contributed by atoms with Crippen LogP contribution in [0.2, 0.25) is 10.0 Å². The predicted octanol–water partition coefficient (Wildman–Crippen LogP) is 4.61. The first-order valence-electron chi connectivity index (χ1n) is 7.91. The molecule has 0 saturated carbocycles. The first kappa shape index (κ1) is 20.8. The van der Waals surface area contributed by atoms with Gasteiger partial charge in [0.1, 0.15) is 17.9 Å². The first-order chi connectivity index (χ1) is 12.8. The van der Waals surface area contributed by atoms with E-state index in [9.17, 15) is 9.59 Å². The van der Waals surface area contributed by atoms with Crippen LogP contribution >= 0.6 is 23.2 Å². The van der Waals surface area contributed by atoms with Crippen LogP contribution in [0.3, 0.4) is 0 Å². The lowest BCUT2D eigenvalue weighted by atomic mass is 10.1. The molecule has 0 amide bonds. The zero-order valence-corrected chi connectivity index (χ0v) is 16.6. The van der Waals surface area contributed by atoms with Crippen molar-refractivity contribution in [3.63, 3.8) is 0 Å². The summed E-state index contributed by atoms with van der Waals surface area (Å²) in [5.74, 6) is -1.41. The quantitative estimate of drug-likeness (QED) is 0.302. The molecular weight excluding hydrogens is 391 g/mol. The van der Waals surface area contributed by atoms with Gasteiger partial charge in [0.25, 0.3) is 0 Å². The Morgan fingerprint density at radius 3 is 2.15 bits per heavy atom. The Bertz CT molecular complexity index is 855. The van der Waals surface area contributed by atoms with Gasteiger partial charge < -0.3 is 14.2 Å². The van der Waals surface area contributed by atoms with Gasteiger partial charge in [-0.3, -0.25) is 0 Å². The summed E-state index contributed by atoms with van der Waals surface area (Å²) in [4.78, 5) is 23.8. The third-order valence-electron chi connectivity index (χ3n) is 3.65. The molecule has 0 spiro atoms. The van der Waals surface area contributed by atoms with E-state index in [0.29, 0.717) is 10.6 Å². The van der Waals surface area contributed by atoms with Gasteiger partial charge in [0.2, 0.25) is 0 Å². The minimum absolute atomic E-state index is 0.244. The second kappa shape index (κ2) is 9.44. The van der Waals surface area contributed by atoms with Gasteiger partial charge in [-0.25, -0.2) is 9.59 Å². The molecule has 2 rings (SSSR count). The molecule has 0 aliphatic rings. The van der Waals surface area contributed by atoms with Crippen LogP contribution < -0.4 is 4.74 Å². The molecule has 0 aliphatic carbocycles. The van der Waals surface area contributed by atoms with Crippen LogP contribution in [0.25, 0.3) is 6.08 Å². The van der Waals surface area contributed by atoms with Gasteiger partial charge in [-0.2, -0.15) is 0 Å². The minimum Gasteiger partial charge on any atom is -0.487 e. The average molecular weight is 409 g/mol. The fourth-order valence-corrected chi connectivity index (χ4v) is 2.82. The summed E-state index contributed by atoms with van der Waals surface area (Å²) in [5, 5.41) is 0.568. The monoisotopic (exact) mass is 408 g/mol. The van der Waals surface area contributed by atoms with Crippen LogP contribution in [0, 0.1) is 6.92 Å². The maximum absolute atomic E-state index is 11.9. The molecular formula is C20H18Cl2O5. The van der Waals surface area contributed by atoms with E-state index in [1.54, 1.807) is 0 Å². The molecule has 0 fully saturated rings.